The first-order chi connectivity index (χ1) is 6.69. The lowest BCUT2D eigenvalue weighted by Crippen LogP contribution is -2.06. The maximum absolute atomic E-state index is 11.4. The third kappa shape index (κ3) is 2.49. The molecule has 0 amide bonds. The van der Waals surface area contributed by atoms with Crippen molar-refractivity contribution in [2.75, 3.05) is 20.0 Å². The van der Waals surface area contributed by atoms with E-state index in [4.69, 9.17) is 4.74 Å². The molecule has 1 aromatic rings. The van der Waals surface area contributed by atoms with Gasteiger partial charge in [-0.3, -0.25) is 4.79 Å². The van der Waals surface area contributed by atoms with Gasteiger partial charge in [-0.05, 0) is 24.5 Å². The van der Waals surface area contributed by atoms with Gasteiger partial charge in [0.25, 0.3) is 0 Å². The summed E-state index contributed by atoms with van der Waals surface area (Å²) < 4.78 is 4.74. The van der Waals surface area contributed by atoms with E-state index in [9.17, 15) is 9.90 Å². The molecule has 1 N–H and O–H groups in total. The number of methoxy groups -OCH3 is 1. The van der Waals surface area contributed by atoms with Gasteiger partial charge in [-0.15, -0.1) is 11.8 Å². The van der Waals surface area contributed by atoms with Crippen LogP contribution in [0.2, 0.25) is 0 Å². The van der Waals surface area contributed by atoms with Gasteiger partial charge in [-0.2, -0.15) is 0 Å². The number of hydrogen-bond acceptors (Lipinski definition) is 4. The second-order valence-corrected chi connectivity index (χ2v) is 3.59. The van der Waals surface area contributed by atoms with Crippen LogP contribution in [0.1, 0.15) is 10.4 Å². The van der Waals surface area contributed by atoms with Gasteiger partial charge in [0.05, 0.1) is 0 Å². The van der Waals surface area contributed by atoms with Crippen LogP contribution in [-0.4, -0.2) is 30.9 Å². The average molecular weight is 212 g/mol. The van der Waals surface area contributed by atoms with E-state index in [1.165, 1.54) is 24.9 Å². The minimum Gasteiger partial charge on any atom is -0.507 e. The lowest BCUT2D eigenvalue weighted by atomic mass is 10.1. The number of carbonyl (C=O) groups is 1. The number of phenolic OH excluding ortho intramolecular Hbond substituents is 1. The number of benzene rings is 1. The number of hydrogen-bond donors (Lipinski definition) is 1. The van der Waals surface area contributed by atoms with Crippen LogP contribution < -0.4 is 0 Å². The Bertz CT molecular complexity index is 336. The summed E-state index contributed by atoms with van der Waals surface area (Å²) in [7, 11) is 1.48. The molecule has 0 aromatic heterocycles. The molecular formula is C10H12O3S. The van der Waals surface area contributed by atoms with Crippen LogP contribution in [0.15, 0.2) is 23.1 Å². The monoisotopic (exact) mass is 212 g/mol. The van der Waals surface area contributed by atoms with Crippen molar-refractivity contribution in [3.05, 3.63) is 23.8 Å². The molecule has 0 saturated carbocycles. The van der Waals surface area contributed by atoms with Crippen LogP contribution >= 0.6 is 11.8 Å². The third-order valence-electron chi connectivity index (χ3n) is 1.78. The zero-order valence-electron chi connectivity index (χ0n) is 8.11. The van der Waals surface area contributed by atoms with Gasteiger partial charge < -0.3 is 9.84 Å². The number of Topliss-reactive ketones (excluding diaryl/α,β-unsaturated/α-hetero) is 1. The molecule has 0 unspecified atom stereocenters. The summed E-state index contributed by atoms with van der Waals surface area (Å²) in [6, 6.07) is 4.78. The molecule has 4 heteroatoms. The lowest BCUT2D eigenvalue weighted by Gasteiger charge is -2.04. The molecule has 3 nitrogen and oxygen atoms in total. The molecule has 0 heterocycles. The van der Waals surface area contributed by atoms with Gasteiger partial charge >= 0.3 is 0 Å². The van der Waals surface area contributed by atoms with Gasteiger partial charge in [0, 0.05) is 17.6 Å². The van der Waals surface area contributed by atoms with Crippen molar-refractivity contribution in [3.63, 3.8) is 0 Å². The van der Waals surface area contributed by atoms with Crippen molar-refractivity contribution in [3.8, 4) is 5.75 Å². The van der Waals surface area contributed by atoms with Crippen LogP contribution in [0.3, 0.4) is 0 Å². The normalized spacial score (nSPS) is 10.1. The highest BCUT2D eigenvalue weighted by Gasteiger charge is 2.08. The Morgan fingerprint density at radius 3 is 2.86 bits per heavy atom. The zero-order valence-corrected chi connectivity index (χ0v) is 8.93. The summed E-state index contributed by atoms with van der Waals surface area (Å²) in [4.78, 5) is 12.1. The van der Waals surface area contributed by atoms with E-state index < -0.39 is 0 Å². The van der Waals surface area contributed by atoms with E-state index in [2.05, 4.69) is 0 Å². The highest BCUT2D eigenvalue weighted by molar-refractivity contribution is 7.98. The van der Waals surface area contributed by atoms with Crippen molar-refractivity contribution < 1.29 is 14.6 Å². The standard InChI is InChI=1S/C10H12O3S/c1-13-6-9(12)7-3-4-8(11)10(5-7)14-2/h3-5,11H,6H2,1-2H3. The number of thioether (sulfide) groups is 1. The maximum Gasteiger partial charge on any atom is 0.188 e. The summed E-state index contributed by atoms with van der Waals surface area (Å²) in [6.07, 6.45) is 1.85. The molecule has 0 saturated heterocycles. The number of phenols is 1. The van der Waals surface area contributed by atoms with E-state index in [1.54, 1.807) is 12.1 Å². The van der Waals surface area contributed by atoms with E-state index >= 15 is 0 Å². The van der Waals surface area contributed by atoms with Crippen LogP contribution in [0.5, 0.6) is 5.75 Å². The van der Waals surface area contributed by atoms with Gasteiger partial charge in [-0.25, -0.2) is 0 Å². The van der Waals surface area contributed by atoms with E-state index in [0.29, 0.717) is 10.5 Å². The number of ketones is 1. The van der Waals surface area contributed by atoms with Crippen LogP contribution in [-0.2, 0) is 4.74 Å². The molecule has 0 aliphatic heterocycles. The van der Waals surface area contributed by atoms with E-state index in [1.807, 2.05) is 6.26 Å². The maximum atomic E-state index is 11.4. The van der Waals surface area contributed by atoms with Crippen LogP contribution in [0.25, 0.3) is 0 Å². The van der Waals surface area contributed by atoms with E-state index in [-0.39, 0.29) is 18.1 Å². The second kappa shape index (κ2) is 5.02. The Kier molecular flexibility index (Phi) is 3.98. The molecule has 1 rings (SSSR count). The Labute approximate surface area is 87.1 Å². The SMILES string of the molecule is COCC(=O)c1ccc(O)c(SC)c1. The first-order valence-electron chi connectivity index (χ1n) is 4.08. The third-order valence-corrected chi connectivity index (χ3v) is 2.54. The lowest BCUT2D eigenvalue weighted by molar-refractivity contribution is 0.0848. The number of rotatable bonds is 4. The van der Waals surface area contributed by atoms with Crippen molar-refractivity contribution in [1.29, 1.82) is 0 Å². The minimum absolute atomic E-state index is 0.0681. The first kappa shape index (κ1) is 11.1. The molecule has 0 spiro atoms. The quantitative estimate of drug-likeness (QED) is 0.612. The minimum atomic E-state index is -0.0807. The van der Waals surface area contributed by atoms with Gasteiger partial charge in [-0.1, -0.05) is 0 Å². The summed E-state index contributed by atoms with van der Waals surface area (Å²) in [6.45, 7) is 0.0681. The number of carbonyl (C=O) groups excluding carboxylic acids is 1. The molecule has 1 aromatic carbocycles. The molecule has 14 heavy (non-hydrogen) atoms. The largest absolute Gasteiger partial charge is 0.507 e. The fourth-order valence-corrected chi connectivity index (χ4v) is 1.59. The predicted octanol–water partition coefficient (Wildman–Crippen LogP) is 1.94. The Morgan fingerprint density at radius 2 is 2.29 bits per heavy atom. The second-order valence-electron chi connectivity index (χ2n) is 2.74. The number of ether oxygens (including phenoxy) is 1. The van der Waals surface area contributed by atoms with Crippen molar-refractivity contribution in [2.45, 2.75) is 4.90 Å². The van der Waals surface area contributed by atoms with E-state index in [0.717, 1.165) is 0 Å². The molecule has 0 atom stereocenters. The van der Waals surface area contributed by atoms with Crippen molar-refractivity contribution >= 4 is 17.5 Å². The Balaban J connectivity index is 2.94. The fraction of sp³-hybridized carbons (Fsp3) is 0.300. The molecule has 0 bridgehead atoms. The average Bonchev–Trinajstić information content (AvgIpc) is 2.19. The highest BCUT2D eigenvalue weighted by atomic mass is 32.2. The van der Waals surface area contributed by atoms with Crippen LogP contribution in [0, 0.1) is 0 Å². The predicted molar refractivity (Wildman–Crippen MR) is 56.1 cm³/mol. The summed E-state index contributed by atoms with van der Waals surface area (Å²) in [5, 5.41) is 9.38. The molecular weight excluding hydrogens is 200 g/mol. The molecule has 0 fully saturated rings. The molecule has 0 aliphatic carbocycles. The van der Waals surface area contributed by atoms with Gasteiger partial charge in [0.2, 0.25) is 0 Å². The summed E-state index contributed by atoms with van der Waals surface area (Å²) in [5.41, 5.74) is 0.564. The topological polar surface area (TPSA) is 46.5 Å². The van der Waals surface area contributed by atoms with Crippen LogP contribution in [0.4, 0.5) is 0 Å². The molecule has 76 valence electrons. The van der Waals surface area contributed by atoms with Gasteiger partial charge in [0.1, 0.15) is 12.4 Å². The van der Waals surface area contributed by atoms with Crippen molar-refractivity contribution in [2.24, 2.45) is 0 Å². The summed E-state index contributed by atoms with van der Waals surface area (Å²) >= 11 is 1.40. The molecule has 0 radical (unpaired) electrons. The molecule has 0 aliphatic rings. The Hall–Kier alpha value is -1.00. The first-order valence-corrected chi connectivity index (χ1v) is 5.30. The zero-order chi connectivity index (χ0) is 10.6. The highest BCUT2D eigenvalue weighted by Crippen LogP contribution is 2.27. The smallest absolute Gasteiger partial charge is 0.188 e. The fourth-order valence-electron chi connectivity index (χ4n) is 1.07. The summed E-state index contributed by atoms with van der Waals surface area (Å²) in [5.74, 6) is 0.120. The number of aromatic hydroxyl groups is 1. The van der Waals surface area contributed by atoms with Gasteiger partial charge in [0.15, 0.2) is 5.78 Å². The van der Waals surface area contributed by atoms with Crippen molar-refractivity contribution in [1.82, 2.24) is 0 Å². The Morgan fingerprint density at radius 1 is 1.57 bits per heavy atom.